The molecule has 0 unspecified atom stereocenters. The number of aryl methyl sites for hydroxylation is 1. The number of ether oxygens (including phenoxy) is 2. The van der Waals surface area contributed by atoms with E-state index in [0.29, 0.717) is 30.2 Å². The Morgan fingerprint density at radius 1 is 1.16 bits per heavy atom. The van der Waals surface area contributed by atoms with Gasteiger partial charge in [0.2, 0.25) is 5.91 Å². The lowest BCUT2D eigenvalue weighted by molar-refractivity contribution is -0.143. The molecule has 1 saturated heterocycles. The number of halogens is 5. The van der Waals surface area contributed by atoms with Crippen molar-refractivity contribution in [3.8, 4) is 0 Å². The average molecular weight is 529 g/mol. The number of hydrogen-bond donors (Lipinski definition) is 2. The second kappa shape index (κ2) is 9.79. The molecule has 7 nitrogen and oxygen atoms in total. The van der Waals surface area contributed by atoms with E-state index in [1.807, 2.05) is 0 Å². The van der Waals surface area contributed by atoms with Gasteiger partial charge in [-0.05, 0) is 44.9 Å². The highest BCUT2D eigenvalue weighted by molar-refractivity contribution is 5.80. The SMILES string of the molecule is Cc1nc(CC(=O)NC2(C)CC(F)(F)C2)c(C2OCCO2)c(N[C@H](C)c2cccc(C(F)(F)F)c2C)n1. The van der Waals surface area contributed by atoms with Gasteiger partial charge in [-0.1, -0.05) is 12.1 Å². The number of benzene rings is 1. The molecule has 202 valence electrons. The van der Waals surface area contributed by atoms with E-state index in [9.17, 15) is 26.7 Å². The van der Waals surface area contributed by atoms with Crippen molar-refractivity contribution >= 4 is 11.7 Å². The summed E-state index contributed by atoms with van der Waals surface area (Å²) in [6, 6.07) is 3.37. The number of aromatic nitrogens is 2. The van der Waals surface area contributed by atoms with Gasteiger partial charge in [-0.25, -0.2) is 18.7 Å². The molecule has 1 aromatic heterocycles. The van der Waals surface area contributed by atoms with E-state index >= 15 is 0 Å². The smallest absolute Gasteiger partial charge is 0.363 e. The van der Waals surface area contributed by atoms with Gasteiger partial charge >= 0.3 is 6.18 Å². The number of alkyl halides is 5. The zero-order valence-corrected chi connectivity index (χ0v) is 20.9. The predicted octanol–water partition coefficient (Wildman–Crippen LogP) is 5.18. The maximum Gasteiger partial charge on any atom is 0.416 e. The summed E-state index contributed by atoms with van der Waals surface area (Å²) in [6.07, 6.45) is -6.53. The normalized spacial score (nSPS) is 19.8. The number of carbonyl (C=O) groups excluding carboxylic acids is 1. The van der Waals surface area contributed by atoms with E-state index in [0.717, 1.165) is 6.07 Å². The third-order valence-electron chi connectivity index (χ3n) is 6.56. The number of hydrogen-bond acceptors (Lipinski definition) is 6. The van der Waals surface area contributed by atoms with Crippen molar-refractivity contribution in [2.45, 2.75) is 76.9 Å². The fourth-order valence-corrected chi connectivity index (χ4v) is 5.08. The van der Waals surface area contributed by atoms with E-state index in [4.69, 9.17) is 9.47 Å². The lowest BCUT2D eigenvalue weighted by Gasteiger charge is -2.45. The number of carbonyl (C=O) groups is 1. The molecule has 1 amide bonds. The van der Waals surface area contributed by atoms with E-state index in [1.165, 1.54) is 13.0 Å². The fraction of sp³-hybridized carbons (Fsp3) is 0.560. The minimum Gasteiger partial charge on any atom is -0.363 e. The Balaban J connectivity index is 1.63. The van der Waals surface area contributed by atoms with Crippen LogP contribution in [0.4, 0.5) is 27.8 Å². The maximum atomic E-state index is 13.5. The molecule has 1 aromatic carbocycles. The molecule has 4 rings (SSSR count). The van der Waals surface area contributed by atoms with Gasteiger partial charge in [0.1, 0.15) is 11.6 Å². The summed E-state index contributed by atoms with van der Waals surface area (Å²) in [6.45, 7) is 6.86. The largest absolute Gasteiger partial charge is 0.416 e. The molecular weight excluding hydrogens is 499 g/mol. The second-order valence-electron chi connectivity index (χ2n) is 9.93. The Kier molecular flexibility index (Phi) is 7.19. The molecule has 1 saturated carbocycles. The molecule has 0 bridgehead atoms. The predicted molar refractivity (Wildman–Crippen MR) is 124 cm³/mol. The zero-order chi connectivity index (χ0) is 27.2. The Morgan fingerprint density at radius 2 is 1.81 bits per heavy atom. The summed E-state index contributed by atoms with van der Waals surface area (Å²) in [7, 11) is 0. The van der Waals surface area contributed by atoms with Crippen molar-refractivity contribution in [1.82, 2.24) is 15.3 Å². The molecule has 2 aliphatic rings. The maximum absolute atomic E-state index is 13.5. The first-order valence-electron chi connectivity index (χ1n) is 11.9. The summed E-state index contributed by atoms with van der Waals surface area (Å²) >= 11 is 0. The molecule has 2 N–H and O–H groups in total. The topological polar surface area (TPSA) is 85.4 Å². The lowest BCUT2D eigenvalue weighted by atomic mass is 9.75. The van der Waals surface area contributed by atoms with Gasteiger partial charge in [0.05, 0.1) is 42.5 Å². The van der Waals surface area contributed by atoms with Crippen molar-refractivity contribution in [2.75, 3.05) is 18.5 Å². The average Bonchev–Trinajstić information content (AvgIpc) is 3.25. The number of nitrogens with zero attached hydrogens (tertiary/aromatic N) is 2. The second-order valence-corrected chi connectivity index (χ2v) is 9.93. The van der Waals surface area contributed by atoms with Gasteiger partial charge in [0, 0.05) is 18.4 Å². The summed E-state index contributed by atoms with van der Waals surface area (Å²) < 4.78 is 78.4. The highest BCUT2D eigenvalue weighted by atomic mass is 19.4. The molecular formula is C25H29F5N4O3. The molecule has 12 heteroatoms. The standard InChI is InChI=1S/C25H29F5N4O3/c1-13-16(6-5-7-17(13)25(28,29)30)14(2)31-21-20(22-36-8-9-37-22)18(32-15(3)33-21)10-19(35)34-23(4)11-24(26,27)12-23/h5-7,14,22H,8-12H2,1-4H3,(H,34,35)(H,31,32,33)/t14-/m1/s1. The van der Waals surface area contributed by atoms with Crippen LogP contribution in [0, 0.1) is 13.8 Å². The minimum atomic E-state index is -4.50. The Hall–Kier alpha value is -2.86. The molecule has 0 radical (unpaired) electrons. The van der Waals surface area contributed by atoms with E-state index in [2.05, 4.69) is 20.6 Å². The first-order valence-corrected chi connectivity index (χ1v) is 11.9. The zero-order valence-electron chi connectivity index (χ0n) is 20.9. The molecule has 2 fully saturated rings. The van der Waals surface area contributed by atoms with Gasteiger partial charge in [-0.2, -0.15) is 13.2 Å². The third-order valence-corrected chi connectivity index (χ3v) is 6.56. The summed E-state index contributed by atoms with van der Waals surface area (Å²) in [5, 5.41) is 5.81. The van der Waals surface area contributed by atoms with Crippen LogP contribution in [-0.4, -0.2) is 40.6 Å². The van der Waals surface area contributed by atoms with Gasteiger partial charge < -0.3 is 20.1 Å². The van der Waals surface area contributed by atoms with Crippen molar-refractivity contribution in [3.63, 3.8) is 0 Å². The number of nitrogens with one attached hydrogen (secondary N) is 2. The Morgan fingerprint density at radius 3 is 2.41 bits per heavy atom. The molecule has 1 atom stereocenters. The number of rotatable bonds is 7. The Labute approximate surface area is 211 Å². The summed E-state index contributed by atoms with van der Waals surface area (Å²) in [5.74, 6) is -2.74. The molecule has 37 heavy (non-hydrogen) atoms. The van der Waals surface area contributed by atoms with Crippen molar-refractivity contribution in [2.24, 2.45) is 0 Å². The fourth-order valence-electron chi connectivity index (χ4n) is 5.08. The van der Waals surface area contributed by atoms with Gasteiger partial charge in [0.25, 0.3) is 5.92 Å². The first-order chi connectivity index (χ1) is 17.2. The number of anilines is 1. The van der Waals surface area contributed by atoms with Crippen molar-refractivity contribution in [1.29, 1.82) is 0 Å². The highest BCUT2D eigenvalue weighted by Gasteiger charge is 2.54. The van der Waals surface area contributed by atoms with Crippen molar-refractivity contribution in [3.05, 3.63) is 52.0 Å². The van der Waals surface area contributed by atoms with Crippen LogP contribution in [0.3, 0.4) is 0 Å². The van der Waals surface area contributed by atoms with Gasteiger partial charge in [-0.15, -0.1) is 0 Å². The molecule has 0 spiro atoms. The van der Waals surface area contributed by atoms with Crippen LogP contribution in [0.5, 0.6) is 0 Å². The van der Waals surface area contributed by atoms with Crippen molar-refractivity contribution < 1.29 is 36.2 Å². The highest BCUT2D eigenvalue weighted by Crippen LogP contribution is 2.45. The lowest BCUT2D eigenvalue weighted by Crippen LogP contribution is -2.60. The van der Waals surface area contributed by atoms with Gasteiger partial charge in [0.15, 0.2) is 6.29 Å². The van der Waals surface area contributed by atoms with Crippen LogP contribution in [0.1, 0.15) is 72.8 Å². The van der Waals surface area contributed by atoms with Crippen LogP contribution in [-0.2, 0) is 26.9 Å². The molecule has 1 aliphatic carbocycles. The van der Waals surface area contributed by atoms with E-state index in [1.54, 1.807) is 26.8 Å². The monoisotopic (exact) mass is 528 g/mol. The minimum absolute atomic E-state index is 0.0841. The van der Waals surface area contributed by atoms with Crippen LogP contribution in [0.15, 0.2) is 18.2 Å². The quantitative estimate of drug-likeness (QED) is 0.482. The van der Waals surface area contributed by atoms with Crippen LogP contribution in [0.25, 0.3) is 0 Å². The van der Waals surface area contributed by atoms with Gasteiger partial charge in [-0.3, -0.25) is 4.79 Å². The molecule has 2 heterocycles. The number of amides is 1. The van der Waals surface area contributed by atoms with E-state index < -0.39 is 54.3 Å². The summed E-state index contributed by atoms with van der Waals surface area (Å²) in [5.41, 5.74) is -0.613. The molecule has 2 aromatic rings. The Bertz CT molecular complexity index is 1170. The molecule has 1 aliphatic heterocycles. The first kappa shape index (κ1) is 27.2. The van der Waals surface area contributed by atoms with E-state index in [-0.39, 0.29) is 23.5 Å². The van der Waals surface area contributed by atoms with Crippen LogP contribution < -0.4 is 10.6 Å². The van der Waals surface area contributed by atoms with Crippen LogP contribution in [0.2, 0.25) is 0 Å². The van der Waals surface area contributed by atoms with Crippen LogP contribution >= 0.6 is 0 Å². The third kappa shape index (κ3) is 6.01. The summed E-state index contributed by atoms with van der Waals surface area (Å²) in [4.78, 5) is 21.6.